The summed E-state index contributed by atoms with van der Waals surface area (Å²) in [6.45, 7) is 2.23. The minimum Gasteiger partial charge on any atom is -0.395 e. The van der Waals surface area contributed by atoms with Crippen LogP contribution in [0.5, 0.6) is 0 Å². The second-order valence-corrected chi connectivity index (χ2v) is 4.83. The van der Waals surface area contributed by atoms with E-state index in [1.165, 1.54) is 0 Å². The standard InChI is InChI=1S/C13H16O3S/c14-6-2-1-3-11-5-8-17-13(11)10-16-12-4-7-15-9-12/h5,8,12,14H,2,4,6-7,9-10H2. The van der Waals surface area contributed by atoms with Crippen LogP contribution in [0.25, 0.3) is 0 Å². The first-order valence-corrected chi connectivity index (χ1v) is 6.63. The quantitative estimate of drug-likeness (QED) is 0.830. The predicted molar refractivity (Wildman–Crippen MR) is 66.9 cm³/mol. The van der Waals surface area contributed by atoms with E-state index in [0.29, 0.717) is 19.6 Å². The molecule has 0 aliphatic carbocycles. The topological polar surface area (TPSA) is 38.7 Å². The Morgan fingerprint density at radius 2 is 2.53 bits per heavy atom. The maximum atomic E-state index is 8.67. The van der Waals surface area contributed by atoms with Gasteiger partial charge < -0.3 is 14.6 Å². The molecule has 2 heterocycles. The largest absolute Gasteiger partial charge is 0.395 e. The second-order valence-electron chi connectivity index (χ2n) is 3.83. The normalized spacial score (nSPS) is 19.0. The molecule has 0 saturated carbocycles. The molecule has 0 aromatic carbocycles. The highest BCUT2D eigenvalue weighted by atomic mass is 32.1. The Balaban J connectivity index is 1.87. The summed E-state index contributed by atoms with van der Waals surface area (Å²) in [5, 5.41) is 10.7. The maximum Gasteiger partial charge on any atom is 0.0835 e. The third kappa shape index (κ3) is 3.83. The highest BCUT2D eigenvalue weighted by Crippen LogP contribution is 2.19. The van der Waals surface area contributed by atoms with Gasteiger partial charge in [0.25, 0.3) is 0 Å². The Kier molecular flexibility index (Phi) is 5.02. The zero-order valence-electron chi connectivity index (χ0n) is 9.65. The maximum absolute atomic E-state index is 8.67. The van der Waals surface area contributed by atoms with E-state index in [9.17, 15) is 0 Å². The molecule has 2 rings (SSSR count). The number of thiophene rings is 1. The van der Waals surface area contributed by atoms with E-state index >= 15 is 0 Å². The Morgan fingerprint density at radius 3 is 3.29 bits per heavy atom. The van der Waals surface area contributed by atoms with Crippen LogP contribution in [0.3, 0.4) is 0 Å². The summed E-state index contributed by atoms with van der Waals surface area (Å²) >= 11 is 1.66. The molecule has 1 aromatic rings. The summed E-state index contributed by atoms with van der Waals surface area (Å²) < 4.78 is 11.0. The molecule has 0 radical (unpaired) electrons. The fourth-order valence-corrected chi connectivity index (χ4v) is 2.37. The zero-order chi connectivity index (χ0) is 11.9. The summed E-state index contributed by atoms with van der Waals surface area (Å²) in [5.41, 5.74) is 1.02. The van der Waals surface area contributed by atoms with Crippen molar-refractivity contribution in [3.05, 3.63) is 21.9 Å². The smallest absolute Gasteiger partial charge is 0.0835 e. The van der Waals surface area contributed by atoms with Gasteiger partial charge in [0.05, 0.1) is 25.9 Å². The molecular formula is C13H16O3S. The molecule has 1 aliphatic rings. The van der Waals surface area contributed by atoms with Crippen LogP contribution in [0.4, 0.5) is 0 Å². The van der Waals surface area contributed by atoms with E-state index in [1.54, 1.807) is 11.3 Å². The van der Waals surface area contributed by atoms with Gasteiger partial charge in [0.1, 0.15) is 0 Å². The van der Waals surface area contributed by atoms with Crippen LogP contribution in [0.2, 0.25) is 0 Å². The van der Waals surface area contributed by atoms with Crippen LogP contribution < -0.4 is 0 Å². The van der Waals surface area contributed by atoms with E-state index in [2.05, 4.69) is 11.8 Å². The lowest BCUT2D eigenvalue weighted by Gasteiger charge is -2.08. The molecule has 0 spiro atoms. The van der Waals surface area contributed by atoms with E-state index in [4.69, 9.17) is 14.6 Å². The number of ether oxygens (including phenoxy) is 2. The molecular weight excluding hydrogens is 236 g/mol. The molecule has 0 amide bonds. The lowest BCUT2D eigenvalue weighted by atomic mass is 10.2. The van der Waals surface area contributed by atoms with Gasteiger partial charge in [-0.25, -0.2) is 0 Å². The van der Waals surface area contributed by atoms with Crippen molar-refractivity contribution in [1.82, 2.24) is 0 Å². The van der Waals surface area contributed by atoms with Gasteiger partial charge >= 0.3 is 0 Å². The highest BCUT2D eigenvalue weighted by Gasteiger charge is 2.16. The molecule has 1 aromatic heterocycles. The van der Waals surface area contributed by atoms with Gasteiger partial charge in [0.2, 0.25) is 0 Å². The molecule has 1 N–H and O–H groups in total. The molecule has 92 valence electrons. The fourth-order valence-electron chi connectivity index (χ4n) is 1.62. The van der Waals surface area contributed by atoms with E-state index in [0.717, 1.165) is 23.5 Å². The first-order chi connectivity index (χ1) is 8.40. The SMILES string of the molecule is OCCC#Cc1ccsc1COC1CCOC1. The molecule has 4 heteroatoms. The van der Waals surface area contributed by atoms with Crippen LogP contribution in [0.1, 0.15) is 23.3 Å². The van der Waals surface area contributed by atoms with Crippen molar-refractivity contribution in [2.75, 3.05) is 19.8 Å². The van der Waals surface area contributed by atoms with Crippen molar-refractivity contribution in [3.63, 3.8) is 0 Å². The molecule has 1 atom stereocenters. The summed E-state index contributed by atoms with van der Waals surface area (Å²) in [4.78, 5) is 1.15. The number of aliphatic hydroxyl groups excluding tert-OH is 1. The lowest BCUT2D eigenvalue weighted by Crippen LogP contribution is -2.11. The zero-order valence-corrected chi connectivity index (χ0v) is 10.5. The average molecular weight is 252 g/mol. The van der Waals surface area contributed by atoms with Gasteiger partial charge in [-0.2, -0.15) is 0 Å². The van der Waals surface area contributed by atoms with Crippen LogP contribution in [-0.4, -0.2) is 31.0 Å². The molecule has 1 fully saturated rings. The van der Waals surface area contributed by atoms with Gasteiger partial charge in [0.15, 0.2) is 0 Å². The number of aliphatic hydroxyl groups is 1. The van der Waals surface area contributed by atoms with E-state index in [1.807, 2.05) is 11.4 Å². The summed E-state index contributed by atoms with van der Waals surface area (Å²) in [5.74, 6) is 5.99. The summed E-state index contributed by atoms with van der Waals surface area (Å²) in [6, 6.07) is 2.00. The first-order valence-electron chi connectivity index (χ1n) is 5.75. The Hall–Kier alpha value is -0.860. The summed E-state index contributed by atoms with van der Waals surface area (Å²) in [6.07, 6.45) is 1.74. The Bertz CT molecular complexity index is 396. The molecule has 1 saturated heterocycles. The van der Waals surface area contributed by atoms with Crippen molar-refractivity contribution in [2.45, 2.75) is 25.6 Å². The van der Waals surface area contributed by atoms with Gasteiger partial charge in [-0.05, 0) is 17.9 Å². The van der Waals surface area contributed by atoms with Crippen molar-refractivity contribution >= 4 is 11.3 Å². The third-order valence-electron chi connectivity index (χ3n) is 2.54. The van der Waals surface area contributed by atoms with Gasteiger partial charge in [-0.1, -0.05) is 11.8 Å². The molecule has 3 nitrogen and oxygen atoms in total. The summed E-state index contributed by atoms with van der Waals surface area (Å²) in [7, 11) is 0. The molecule has 17 heavy (non-hydrogen) atoms. The first kappa shape index (κ1) is 12.6. The van der Waals surface area contributed by atoms with Crippen LogP contribution in [0, 0.1) is 11.8 Å². The van der Waals surface area contributed by atoms with Crippen molar-refractivity contribution in [1.29, 1.82) is 0 Å². The lowest BCUT2D eigenvalue weighted by molar-refractivity contribution is 0.0330. The molecule has 1 unspecified atom stereocenters. The fraction of sp³-hybridized carbons (Fsp3) is 0.538. The number of hydrogen-bond donors (Lipinski definition) is 1. The Labute approximate surface area is 105 Å². The van der Waals surface area contributed by atoms with Crippen LogP contribution in [0.15, 0.2) is 11.4 Å². The van der Waals surface area contributed by atoms with Gasteiger partial charge in [-0.3, -0.25) is 0 Å². The van der Waals surface area contributed by atoms with Crippen molar-refractivity contribution in [3.8, 4) is 11.8 Å². The van der Waals surface area contributed by atoms with E-state index in [-0.39, 0.29) is 12.7 Å². The van der Waals surface area contributed by atoms with Gasteiger partial charge in [0, 0.05) is 23.5 Å². The second kappa shape index (κ2) is 6.77. The van der Waals surface area contributed by atoms with Crippen LogP contribution in [-0.2, 0) is 16.1 Å². The molecule has 1 aliphatic heterocycles. The predicted octanol–water partition coefficient (Wildman–Crippen LogP) is 1.79. The van der Waals surface area contributed by atoms with Crippen LogP contribution >= 0.6 is 11.3 Å². The minimum absolute atomic E-state index is 0.113. The van der Waals surface area contributed by atoms with Crippen molar-refractivity contribution < 1.29 is 14.6 Å². The minimum atomic E-state index is 0.113. The van der Waals surface area contributed by atoms with E-state index < -0.39 is 0 Å². The highest BCUT2D eigenvalue weighted by molar-refractivity contribution is 7.10. The number of rotatable bonds is 4. The third-order valence-corrected chi connectivity index (χ3v) is 3.44. The van der Waals surface area contributed by atoms with Gasteiger partial charge in [-0.15, -0.1) is 11.3 Å². The molecule has 0 bridgehead atoms. The number of hydrogen-bond acceptors (Lipinski definition) is 4. The van der Waals surface area contributed by atoms with Crippen molar-refractivity contribution in [2.24, 2.45) is 0 Å². The average Bonchev–Trinajstić information content (AvgIpc) is 2.97. The Morgan fingerprint density at radius 1 is 1.59 bits per heavy atom. The monoisotopic (exact) mass is 252 g/mol.